The summed E-state index contributed by atoms with van der Waals surface area (Å²) in [6.45, 7) is 3.98. The normalized spacial score (nSPS) is 12.8. The van der Waals surface area contributed by atoms with Crippen LogP contribution in [0.4, 0.5) is 0 Å². The second kappa shape index (κ2) is 6.02. The Kier molecular flexibility index (Phi) is 4.94. The van der Waals surface area contributed by atoms with E-state index in [2.05, 4.69) is 0 Å². The molecular weight excluding hydrogens is 198 g/mol. The molecule has 0 bridgehead atoms. The average Bonchev–Trinajstić information content (AvgIpc) is 2.21. The van der Waals surface area contributed by atoms with Crippen molar-refractivity contribution in [2.45, 2.75) is 12.8 Å². The van der Waals surface area contributed by atoms with Crippen molar-refractivity contribution in [1.82, 2.24) is 0 Å². The van der Waals surface area contributed by atoms with Crippen LogP contribution < -0.4 is 5.73 Å². The van der Waals surface area contributed by atoms with Crippen LogP contribution in [0, 0.1) is 0 Å². The summed E-state index contributed by atoms with van der Waals surface area (Å²) in [5.41, 5.74) is 6.86. The first-order valence-electron chi connectivity index (χ1n) is 4.81. The zero-order chi connectivity index (χ0) is 10.4. The van der Waals surface area contributed by atoms with Crippen LogP contribution in [0.1, 0.15) is 18.4 Å². The van der Waals surface area contributed by atoms with E-state index in [-0.39, 0.29) is 5.92 Å². The second-order valence-electron chi connectivity index (χ2n) is 3.14. The summed E-state index contributed by atoms with van der Waals surface area (Å²) < 4.78 is 5.36. The summed E-state index contributed by atoms with van der Waals surface area (Å²) in [4.78, 5) is 0. The molecule has 0 aliphatic carbocycles. The van der Waals surface area contributed by atoms with Gasteiger partial charge in [-0.25, -0.2) is 0 Å². The maximum atomic E-state index is 5.80. The van der Waals surface area contributed by atoms with Gasteiger partial charge in [-0.1, -0.05) is 23.7 Å². The molecule has 0 aliphatic rings. The standard InChI is InChI=1S/C11H16ClNO/c1-2-14-8-10(7-13)9-3-5-11(12)6-4-9/h3-6,10H,2,7-8,13H2,1H3. The van der Waals surface area contributed by atoms with E-state index in [0.717, 1.165) is 11.6 Å². The van der Waals surface area contributed by atoms with Crippen LogP contribution in [0.2, 0.25) is 5.02 Å². The van der Waals surface area contributed by atoms with Crippen LogP contribution in [0.5, 0.6) is 0 Å². The number of hydrogen-bond donors (Lipinski definition) is 1. The van der Waals surface area contributed by atoms with Gasteiger partial charge < -0.3 is 10.5 Å². The Balaban J connectivity index is 2.64. The Morgan fingerprint density at radius 3 is 2.50 bits per heavy atom. The molecule has 1 unspecified atom stereocenters. The second-order valence-corrected chi connectivity index (χ2v) is 3.58. The lowest BCUT2D eigenvalue weighted by Gasteiger charge is -2.14. The van der Waals surface area contributed by atoms with E-state index >= 15 is 0 Å². The maximum absolute atomic E-state index is 5.80. The quantitative estimate of drug-likeness (QED) is 0.816. The van der Waals surface area contributed by atoms with Gasteiger partial charge in [0.25, 0.3) is 0 Å². The average molecular weight is 214 g/mol. The van der Waals surface area contributed by atoms with Crippen molar-refractivity contribution >= 4 is 11.6 Å². The number of hydrogen-bond acceptors (Lipinski definition) is 2. The molecule has 0 aliphatic heterocycles. The molecule has 0 saturated carbocycles. The van der Waals surface area contributed by atoms with Crippen molar-refractivity contribution in [3.05, 3.63) is 34.9 Å². The fourth-order valence-corrected chi connectivity index (χ4v) is 1.42. The summed E-state index contributed by atoms with van der Waals surface area (Å²) >= 11 is 5.80. The van der Waals surface area contributed by atoms with E-state index < -0.39 is 0 Å². The fourth-order valence-electron chi connectivity index (χ4n) is 1.30. The highest BCUT2D eigenvalue weighted by molar-refractivity contribution is 6.30. The first kappa shape index (κ1) is 11.5. The van der Waals surface area contributed by atoms with Gasteiger partial charge in [-0.3, -0.25) is 0 Å². The minimum Gasteiger partial charge on any atom is -0.381 e. The van der Waals surface area contributed by atoms with E-state index in [1.165, 1.54) is 5.56 Å². The summed E-state index contributed by atoms with van der Waals surface area (Å²) in [6, 6.07) is 7.76. The Morgan fingerprint density at radius 1 is 1.36 bits per heavy atom. The number of halogens is 1. The van der Waals surface area contributed by atoms with Gasteiger partial charge in [-0.2, -0.15) is 0 Å². The van der Waals surface area contributed by atoms with E-state index in [1.54, 1.807) is 0 Å². The summed E-state index contributed by atoms with van der Waals surface area (Å²) in [5.74, 6) is 0.271. The Labute approximate surface area is 90.0 Å². The summed E-state index contributed by atoms with van der Waals surface area (Å²) in [6.07, 6.45) is 0. The topological polar surface area (TPSA) is 35.2 Å². The lowest BCUT2D eigenvalue weighted by atomic mass is 10.0. The first-order chi connectivity index (χ1) is 6.77. The van der Waals surface area contributed by atoms with Gasteiger partial charge in [0.1, 0.15) is 0 Å². The predicted molar refractivity (Wildman–Crippen MR) is 59.7 cm³/mol. The van der Waals surface area contributed by atoms with Crippen LogP contribution >= 0.6 is 11.6 Å². The zero-order valence-corrected chi connectivity index (χ0v) is 9.13. The Hall–Kier alpha value is -0.570. The number of ether oxygens (including phenoxy) is 1. The molecule has 0 fully saturated rings. The van der Waals surface area contributed by atoms with Crippen molar-refractivity contribution in [2.75, 3.05) is 19.8 Å². The van der Waals surface area contributed by atoms with E-state index in [1.807, 2.05) is 31.2 Å². The van der Waals surface area contributed by atoms with Crippen LogP contribution in [0.25, 0.3) is 0 Å². The van der Waals surface area contributed by atoms with Gasteiger partial charge in [0.05, 0.1) is 6.61 Å². The van der Waals surface area contributed by atoms with Crippen LogP contribution in [0.15, 0.2) is 24.3 Å². The summed E-state index contributed by atoms with van der Waals surface area (Å²) in [7, 11) is 0. The fraction of sp³-hybridized carbons (Fsp3) is 0.455. The number of benzene rings is 1. The number of nitrogens with two attached hydrogens (primary N) is 1. The van der Waals surface area contributed by atoms with Gasteiger partial charge in [0.15, 0.2) is 0 Å². The van der Waals surface area contributed by atoms with Crippen molar-refractivity contribution in [2.24, 2.45) is 5.73 Å². The van der Waals surface area contributed by atoms with Gasteiger partial charge in [-0.15, -0.1) is 0 Å². The molecule has 14 heavy (non-hydrogen) atoms. The van der Waals surface area contributed by atoms with Crippen molar-refractivity contribution in [3.63, 3.8) is 0 Å². The molecule has 0 radical (unpaired) electrons. The highest BCUT2D eigenvalue weighted by atomic mass is 35.5. The van der Waals surface area contributed by atoms with Crippen LogP contribution in [0.3, 0.4) is 0 Å². The highest BCUT2D eigenvalue weighted by Gasteiger charge is 2.08. The van der Waals surface area contributed by atoms with Crippen LogP contribution in [-0.4, -0.2) is 19.8 Å². The molecule has 0 heterocycles. The molecule has 0 saturated heterocycles. The molecule has 0 amide bonds. The molecule has 3 heteroatoms. The largest absolute Gasteiger partial charge is 0.381 e. The van der Waals surface area contributed by atoms with Crippen molar-refractivity contribution in [3.8, 4) is 0 Å². The third-order valence-corrected chi connectivity index (χ3v) is 2.40. The minimum absolute atomic E-state index is 0.271. The van der Waals surface area contributed by atoms with Gasteiger partial charge in [-0.05, 0) is 24.6 Å². The SMILES string of the molecule is CCOCC(CN)c1ccc(Cl)cc1. The van der Waals surface area contributed by atoms with Gasteiger partial charge >= 0.3 is 0 Å². The Morgan fingerprint density at radius 2 is 2.00 bits per heavy atom. The zero-order valence-electron chi connectivity index (χ0n) is 8.37. The lowest BCUT2D eigenvalue weighted by molar-refractivity contribution is 0.134. The van der Waals surface area contributed by atoms with Crippen molar-refractivity contribution < 1.29 is 4.74 Å². The third kappa shape index (κ3) is 3.29. The Bertz CT molecular complexity index is 260. The minimum atomic E-state index is 0.271. The molecule has 0 spiro atoms. The molecule has 1 aromatic rings. The van der Waals surface area contributed by atoms with E-state index in [0.29, 0.717) is 13.2 Å². The summed E-state index contributed by atoms with van der Waals surface area (Å²) in [5, 5.41) is 0.751. The third-order valence-electron chi connectivity index (χ3n) is 2.15. The molecule has 1 aromatic carbocycles. The smallest absolute Gasteiger partial charge is 0.0546 e. The molecule has 2 nitrogen and oxygen atoms in total. The molecule has 1 rings (SSSR count). The molecular formula is C11H16ClNO. The molecule has 0 aromatic heterocycles. The number of rotatable bonds is 5. The molecule has 78 valence electrons. The van der Waals surface area contributed by atoms with Gasteiger partial charge in [0.2, 0.25) is 0 Å². The monoisotopic (exact) mass is 213 g/mol. The predicted octanol–water partition coefficient (Wildman–Crippen LogP) is 2.42. The lowest BCUT2D eigenvalue weighted by Crippen LogP contribution is -2.17. The maximum Gasteiger partial charge on any atom is 0.0546 e. The van der Waals surface area contributed by atoms with Crippen LogP contribution in [-0.2, 0) is 4.74 Å². The van der Waals surface area contributed by atoms with E-state index in [4.69, 9.17) is 22.1 Å². The first-order valence-corrected chi connectivity index (χ1v) is 5.19. The van der Waals surface area contributed by atoms with E-state index in [9.17, 15) is 0 Å². The highest BCUT2D eigenvalue weighted by Crippen LogP contribution is 2.17. The van der Waals surface area contributed by atoms with Gasteiger partial charge in [0, 0.05) is 24.1 Å². The molecule has 1 atom stereocenters. The molecule has 2 N–H and O–H groups in total. The van der Waals surface area contributed by atoms with Crippen molar-refractivity contribution in [1.29, 1.82) is 0 Å².